The van der Waals surface area contributed by atoms with Crippen molar-refractivity contribution < 1.29 is 14.6 Å². The van der Waals surface area contributed by atoms with Crippen molar-refractivity contribution in [3.63, 3.8) is 0 Å². The maximum atomic E-state index is 11.6. The Labute approximate surface area is 94.4 Å². The lowest BCUT2D eigenvalue weighted by Crippen LogP contribution is -2.22. The highest BCUT2D eigenvalue weighted by Gasteiger charge is 2.40. The van der Waals surface area contributed by atoms with E-state index in [1.807, 2.05) is 30.3 Å². The summed E-state index contributed by atoms with van der Waals surface area (Å²) in [4.78, 5) is 11.6. The van der Waals surface area contributed by atoms with Gasteiger partial charge in [0, 0.05) is 6.42 Å². The molecule has 1 N–H and O–H groups in total. The standard InChI is InChI=1S/C13H14O3/c1-13(2)11(14)10(12(15)16-13)8-9-6-4-3-5-7-9/h3-7,14H,8H2,1-2H3. The third-order valence-corrected chi connectivity index (χ3v) is 2.67. The van der Waals surface area contributed by atoms with Crippen LogP contribution in [0, 0.1) is 0 Å². The van der Waals surface area contributed by atoms with Crippen LogP contribution in [-0.2, 0) is 16.0 Å². The van der Waals surface area contributed by atoms with Crippen LogP contribution in [0.15, 0.2) is 41.7 Å². The maximum Gasteiger partial charge on any atom is 0.338 e. The molecular weight excluding hydrogens is 204 g/mol. The Balaban J connectivity index is 2.29. The van der Waals surface area contributed by atoms with Gasteiger partial charge in [0.25, 0.3) is 0 Å². The molecule has 1 aliphatic heterocycles. The van der Waals surface area contributed by atoms with Crippen LogP contribution >= 0.6 is 0 Å². The molecule has 84 valence electrons. The minimum atomic E-state index is -0.888. The molecule has 1 heterocycles. The third kappa shape index (κ3) is 1.81. The van der Waals surface area contributed by atoms with Gasteiger partial charge in [-0.3, -0.25) is 0 Å². The van der Waals surface area contributed by atoms with Gasteiger partial charge in [-0.05, 0) is 19.4 Å². The second-order valence-electron chi connectivity index (χ2n) is 4.39. The first-order valence-electron chi connectivity index (χ1n) is 5.20. The predicted molar refractivity (Wildman–Crippen MR) is 60.0 cm³/mol. The summed E-state index contributed by atoms with van der Waals surface area (Å²) in [5.41, 5.74) is 0.455. The van der Waals surface area contributed by atoms with Gasteiger partial charge in [-0.2, -0.15) is 0 Å². The van der Waals surface area contributed by atoms with Gasteiger partial charge >= 0.3 is 5.97 Å². The first kappa shape index (κ1) is 10.7. The van der Waals surface area contributed by atoms with Gasteiger partial charge in [-0.15, -0.1) is 0 Å². The van der Waals surface area contributed by atoms with Crippen LogP contribution in [0.4, 0.5) is 0 Å². The number of hydrogen-bond donors (Lipinski definition) is 1. The number of benzene rings is 1. The van der Waals surface area contributed by atoms with E-state index in [0.717, 1.165) is 5.56 Å². The molecule has 2 rings (SSSR count). The summed E-state index contributed by atoms with van der Waals surface area (Å²) in [5, 5.41) is 9.88. The van der Waals surface area contributed by atoms with Gasteiger partial charge in [-0.25, -0.2) is 4.79 Å². The zero-order valence-corrected chi connectivity index (χ0v) is 9.36. The molecule has 3 nitrogen and oxygen atoms in total. The Kier molecular flexibility index (Phi) is 2.46. The largest absolute Gasteiger partial charge is 0.507 e. The van der Waals surface area contributed by atoms with Crippen molar-refractivity contribution in [3.05, 3.63) is 47.2 Å². The summed E-state index contributed by atoms with van der Waals surface area (Å²) in [6.07, 6.45) is 0.412. The third-order valence-electron chi connectivity index (χ3n) is 2.67. The fourth-order valence-corrected chi connectivity index (χ4v) is 1.76. The SMILES string of the molecule is CC1(C)OC(=O)C(Cc2ccccc2)=C1O. The molecule has 0 atom stereocenters. The molecular formula is C13H14O3. The van der Waals surface area contributed by atoms with Crippen molar-refractivity contribution in [2.24, 2.45) is 0 Å². The highest BCUT2D eigenvalue weighted by molar-refractivity contribution is 5.92. The Hall–Kier alpha value is -1.77. The van der Waals surface area contributed by atoms with Crippen LogP contribution in [0.5, 0.6) is 0 Å². The summed E-state index contributed by atoms with van der Waals surface area (Å²) < 4.78 is 5.08. The minimum absolute atomic E-state index is 0.0429. The lowest BCUT2D eigenvalue weighted by Gasteiger charge is -2.16. The van der Waals surface area contributed by atoms with E-state index in [0.29, 0.717) is 12.0 Å². The summed E-state index contributed by atoms with van der Waals surface area (Å²) in [7, 11) is 0. The van der Waals surface area contributed by atoms with Crippen molar-refractivity contribution in [1.29, 1.82) is 0 Å². The number of cyclic esters (lactones) is 1. The monoisotopic (exact) mass is 218 g/mol. The topological polar surface area (TPSA) is 46.5 Å². The summed E-state index contributed by atoms with van der Waals surface area (Å²) in [6.45, 7) is 3.36. The van der Waals surface area contributed by atoms with Crippen molar-refractivity contribution in [2.45, 2.75) is 25.9 Å². The Morgan fingerprint density at radius 2 is 1.88 bits per heavy atom. The second kappa shape index (κ2) is 3.67. The van der Waals surface area contributed by atoms with E-state index in [1.54, 1.807) is 13.8 Å². The summed E-state index contributed by atoms with van der Waals surface area (Å²) >= 11 is 0. The number of esters is 1. The van der Waals surface area contributed by atoms with Gasteiger partial charge in [-0.1, -0.05) is 30.3 Å². The van der Waals surface area contributed by atoms with Gasteiger partial charge in [0.15, 0.2) is 5.60 Å². The average molecular weight is 218 g/mol. The van der Waals surface area contributed by atoms with E-state index in [9.17, 15) is 9.90 Å². The molecule has 1 aromatic rings. The zero-order valence-electron chi connectivity index (χ0n) is 9.36. The maximum absolute atomic E-state index is 11.6. The smallest absolute Gasteiger partial charge is 0.338 e. The molecule has 1 aliphatic rings. The van der Waals surface area contributed by atoms with Crippen LogP contribution in [0.3, 0.4) is 0 Å². The Morgan fingerprint density at radius 1 is 1.25 bits per heavy atom. The van der Waals surface area contributed by atoms with E-state index in [1.165, 1.54) is 0 Å². The molecule has 0 unspecified atom stereocenters. The van der Waals surface area contributed by atoms with Crippen molar-refractivity contribution in [2.75, 3.05) is 0 Å². The van der Waals surface area contributed by atoms with Crippen LogP contribution in [0.25, 0.3) is 0 Å². The second-order valence-corrected chi connectivity index (χ2v) is 4.39. The van der Waals surface area contributed by atoms with Crippen molar-refractivity contribution in [1.82, 2.24) is 0 Å². The molecule has 3 heteroatoms. The van der Waals surface area contributed by atoms with Crippen LogP contribution in [-0.4, -0.2) is 16.7 Å². The minimum Gasteiger partial charge on any atom is -0.507 e. The molecule has 0 amide bonds. The average Bonchev–Trinajstić information content (AvgIpc) is 2.42. The molecule has 0 aromatic heterocycles. The van der Waals surface area contributed by atoms with E-state index in [4.69, 9.17) is 4.74 Å². The molecule has 0 bridgehead atoms. The lowest BCUT2D eigenvalue weighted by molar-refractivity contribution is -0.145. The lowest BCUT2D eigenvalue weighted by atomic mass is 10.0. The molecule has 0 aliphatic carbocycles. The highest BCUT2D eigenvalue weighted by atomic mass is 16.6. The quantitative estimate of drug-likeness (QED) is 0.775. The summed E-state index contributed by atoms with van der Waals surface area (Å²) in [6, 6.07) is 9.54. The molecule has 0 fully saturated rings. The molecule has 1 aromatic carbocycles. The number of carbonyl (C=O) groups is 1. The normalized spacial score (nSPS) is 18.8. The molecule has 0 spiro atoms. The van der Waals surface area contributed by atoms with E-state index in [-0.39, 0.29) is 5.76 Å². The zero-order chi connectivity index (χ0) is 11.8. The molecule has 0 radical (unpaired) electrons. The number of hydrogen-bond acceptors (Lipinski definition) is 3. The van der Waals surface area contributed by atoms with Gasteiger partial charge in [0.1, 0.15) is 5.76 Å². The summed E-state index contributed by atoms with van der Waals surface area (Å²) in [5.74, 6) is -0.382. The Morgan fingerprint density at radius 3 is 2.38 bits per heavy atom. The van der Waals surface area contributed by atoms with E-state index in [2.05, 4.69) is 0 Å². The van der Waals surface area contributed by atoms with Gasteiger partial charge < -0.3 is 9.84 Å². The van der Waals surface area contributed by atoms with Crippen LogP contribution in [0.2, 0.25) is 0 Å². The number of carbonyl (C=O) groups excluding carboxylic acids is 1. The van der Waals surface area contributed by atoms with E-state index < -0.39 is 11.6 Å². The molecule has 16 heavy (non-hydrogen) atoms. The predicted octanol–water partition coefficient (Wildman–Crippen LogP) is 2.38. The van der Waals surface area contributed by atoms with Gasteiger partial charge in [0.05, 0.1) is 5.57 Å². The fourth-order valence-electron chi connectivity index (χ4n) is 1.76. The number of rotatable bonds is 2. The van der Waals surface area contributed by atoms with Crippen LogP contribution < -0.4 is 0 Å². The highest BCUT2D eigenvalue weighted by Crippen LogP contribution is 2.31. The molecule has 0 saturated heterocycles. The Bertz CT molecular complexity index is 444. The molecule has 0 saturated carbocycles. The van der Waals surface area contributed by atoms with Crippen LogP contribution in [0.1, 0.15) is 19.4 Å². The van der Waals surface area contributed by atoms with Gasteiger partial charge in [0.2, 0.25) is 0 Å². The first-order chi connectivity index (χ1) is 7.50. The number of aliphatic hydroxyl groups is 1. The van der Waals surface area contributed by atoms with E-state index >= 15 is 0 Å². The number of ether oxygens (including phenoxy) is 1. The van der Waals surface area contributed by atoms with Crippen molar-refractivity contribution >= 4 is 5.97 Å². The number of aliphatic hydroxyl groups excluding tert-OH is 1. The first-order valence-corrected chi connectivity index (χ1v) is 5.20. The fraction of sp³-hybridized carbons (Fsp3) is 0.308. The van der Waals surface area contributed by atoms with Crippen molar-refractivity contribution in [3.8, 4) is 0 Å².